The smallest absolute Gasteiger partial charge is 0.220 e. The van der Waals surface area contributed by atoms with Crippen molar-refractivity contribution in [2.45, 2.75) is 18.9 Å². The second-order valence-corrected chi connectivity index (χ2v) is 4.13. The molecule has 6 heteroatoms. The molecule has 4 nitrogen and oxygen atoms in total. The quantitative estimate of drug-likeness (QED) is 0.780. The Kier molecular flexibility index (Phi) is 6.38. The Morgan fingerprint density at radius 3 is 2.89 bits per heavy atom. The summed E-state index contributed by atoms with van der Waals surface area (Å²) in [6.07, 6.45) is -0.643. The van der Waals surface area contributed by atoms with Gasteiger partial charge in [0.25, 0.3) is 0 Å². The zero-order valence-electron chi connectivity index (χ0n) is 10.7. The van der Waals surface area contributed by atoms with Gasteiger partial charge in [-0.3, -0.25) is 4.79 Å². The maximum Gasteiger partial charge on any atom is 0.220 e. The largest absolute Gasteiger partial charge is 0.389 e. The second kappa shape index (κ2) is 7.81. The van der Waals surface area contributed by atoms with Crippen LogP contribution in [0, 0.1) is 11.6 Å². The van der Waals surface area contributed by atoms with Crippen LogP contribution in [0.2, 0.25) is 0 Å². The highest BCUT2D eigenvalue weighted by Gasteiger charge is 2.10. The maximum atomic E-state index is 13.3. The van der Waals surface area contributed by atoms with E-state index in [2.05, 4.69) is 5.32 Å². The molecule has 0 bridgehead atoms. The van der Waals surface area contributed by atoms with Gasteiger partial charge in [-0.25, -0.2) is 8.78 Å². The van der Waals surface area contributed by atoms with Crippen molar-refractivity contribution in [1.82, 2.24) is 5.32 Å². The van der Waals surface area contributed by atoms with Gasteiger partial charge >= 0.3 is 0 Å². The standard InChI is InChI=1S/C13H17F2NO3/c1-19-8-10(17)7-16-12(18)6-5-9-3-2-4-11(14)13(9)15/h2-4,10,17H,5-8H2,1H3,(H,16,18). The summed E-state index contributed by atoms with van der Waals surface area (Å²) in [6.45, 7) is 0.192. The minimum Gasteiger partial charge on any atom is -0.389 e. The van der Waals surface area contributed by atoms with Gasteiger partial charge in [-0.2, -0.15) is 0 Å². The van der Waals surface area contributed by atoms with Crippen LogP contribution in [-0.2, 0) is 16.0 Å². The average Bonchev–Trinajstić information content (AvgIpc) is 2.38. The fourth-order valence-corrected chi connectivity index (χ4v) is 1.56. The number of rotatable bonds is 7. The summed E-state index contributed by atoms with van der Waals surface area (Å²) in [5.74, 6) is -2.18. The summed E-state index contributed by atoms with van der Waals surface area (Å²) in [7, 11) is 1.44. The first-order valence-electron chi connectivity index (χ1n) is 5.91. The van der Waals surface area contributed by atoms with E-state index in [1.165, 1.54) is 19.2 Å². The molecule has 0 spiro atoms. The Morgan fingerprint density at radius 2 is 2.21 bits per heavy atom. The third kappa shape index (κ3) is 5.32. The molecule has 0 radical (unpaired) electrons. The van der Waals surface area contributed by atoms with Crippen LogP contribution in [0.25, 0.3) is 0 Å². The van der Waals surface area contributed by atoms with E-state index in [-0.39, 0.29) is 37.5 Å². The predicted molar refractivity (Wildman–Crippen MR) is 65.6 cm³/mol. The number of nitrogens with one attached hydrogen (secondary N) is 1. The number of hydrogen-bond donors (Lipinski definition) is 2. The van der Waals surface area contributed by atoms with Crippen LogP contribution in [0.15, 0.2) is 18.2 Å². The van der Waals surface area contributed by atoms with Gasteiger partial charge in [0.05, 0.1) is 12.7 Å². The number of halogens is 2. The van der Waals surface area contributed by atoms with Crippen molar-refractivity contribution >= 4 is 5.91 Å². The van der Waals surface area contributed by atoms with E-state index < -0.39 is 17.7 Å². The molecule has 1 aromatic carbocycles. The van der Waals surface area contributed by atoms with E-state index in [1.807, 2.05) is 0 Å². The van der Waals surface area contributed by atoms with E-state index in [9.17, 15) is 18.7 Å². The molecule has 2 N–H and O–H groups in total. The van der Waals surface area contributed by atoms with Gasteiger partial charge in [-0.05, 0) is 18.1 Å². The molecule has 1 aromatic rings. The first-order chi connectivity index (χ1) is 9.04. The monoisotopic (exact) mass is 273 g/mol. The Morgan fingerprint density at radius 1 is 1.47 bits per heavy atom. The van der Waals surface area contributed by atoms with Crippen molar-refractivity contribution in [3.8, 4) is 0 Å². The van der Waals surface area contributed by atoms with Crippen molar-refractivity contribution in [2.75, 3.05) is 20.3 Å². The Labute approximate surface area is 110 Å². The molecule has 0 aliphatic carbocycles. The molecule has 0 aliphatic rings. The molecule has 1 atom stereocenters. The molecule has 1 unspecified atom stereocenters. The SMILES string of the molecule is COCC(O)CNC(=O)CCc1cccc(F)c1F. The molecule has 0 aromatic heterocycles. The highest BCUT2D eigenvalue weighted by Crippen LogP contribution is 2.12. The topological polar surface area (TPSA) is 58.6 Å². The molecule has 1 amide bonds. The summed E-state index contributed by atoms with van der Waals surface area (Å²) in [4.78, 5) is 11.4. The second-order valence-electron chi connectivity index (χ2n) is 4.13. The van der Waals surface area contributed by atoms with Crippen molar-refractivity contribution in [2.24, 2.45) is 0 Å². The normalized spacial score (nSPS) is 12.2. The number of methoxy groups -OCH3 is 1. The number of benzene rings is 1. The van der Waals surface area contributed by atoms with Gasteiger partial charge < -0.3 is 15.2 Å². The fourth-order valence-electron chi connectivity index (χ4n) is 1.56. The van der Waals surface area contributed by atoms with Crippen molar-refractivity contribution in [3.05, 3.63) is 35.4 Å². The lowest BCUT2D eigenvalue weighted by Gasteiger charge is -2.10. The molecule has 0 fully saturated rings. The zero-order chi connectivity index (χ0) is 14.3. The first-order valence-corrected chi connectivity index (χ1v) is 5.91. The zero-order valence-corrected chi connectivity index (χ0v) is 10.7. The van der Waals surface area contributed by atoms with E-state index in [0.29, 0.717) is 0 Å². The summed E-state index contributed by atoms with van der Waals surface area (Å²) in [6, 6.07) is 3.86. The third-order valence-electron chi connectivity index (χ3n) is 2.55. The van der Waals surface area contributed by atoms with Crippen molar-refractivity contribution in [1.29, 1.82) is 0 Å². The molecule has 0 heterocycles. The van der Waals surface area contributed by atoms with Gasteiger partial charge in [-0.1, -0.05) is 12.1 Å². The molecule has 0 saturated carbocycles. The summed E-state index contributed by atoms with van der Waals surface area (Å²) in [5.41, 5.74) is 0.160. The molecule has 0 saturated heterocycles. The molecule has 106 valence electrons. The Bertz CT molecular complexity index is 426. The lowest BCUT2D eigenvalue weighted by molar-refractivity contribution is -0.121. The number of carbonyl (C=O) groups is 1. The van der Waals surface area contributed by atoms with Crippen molar-refractivity contribution < 1.29 is 23.4 Å². The highest BCUT2D eigenvalue weighted by atomic mass is 19.2. The van der Waals surface area contributed by atoms with Crippen LogP contribution in [-0.4, -0.2) is 37.4 Å². The number of aryl methyl sites for hydroxylation is 1. The van der Waals surface area contributed by atoms with Gasteiger partial charge in [-0.15, -0.1) is 0 Å². The molecule has 1 rings (SSSR count). The predicted octanol–water partition coefficient (Wildman–Crippen LogP) is 1.02. The molecular weight excluding hydrogens is 256 g/mol. The minimum absolute atomic E-state index is 0.0279. The summed E-state index contributed by atoms with van der Waals surface area (Å²) >= 11 is 0. The molecular formula is C13H17F2NO3. The number of carbonyl (C=O) groups excluding carboxylic acids is 1. The number of aliphatic hydroxyl groups is 1. The summed E-state index contributed by atoms with van der Waals surface area (Å²) < 4.78 is 30.9. The van der Waals surface area contributed by atoms with Gasteiger partial charge in [0.1, 0.15) is 0 Å². The summed E-state index contributed by atoms with van der Waals surface area (Å²) in [5, 5.41) is 11.8. The van der Waals surface area contributed by atoms with Crippen LogP contribution in [0.5, 0.6) is 0 Å². The van der Waals surface area contributed by atoms with E-state index in [0.717, 1.165) is 6.07 Å². The first kappa shape index (κ1) is 15.5. The van der Waals surface area contributed by atoms with Gasteiger partial charge in [0.2, 0.25) is 5.91 Å². The van der Waals surface area contributed by atoms with Gasteiger partial charge in [0, 0.05) is 20.1 Å². The van der Waals surface area contributed by atoms with Crippen LogP contribution >= 0.6 is 0 Å². The number of hydrogen-bond acceptors (Lipinski definition) is 3. The number of aliphatic hydroxyl groups excluding tert-OH is 1. The van der Waals surface area contributed by atoms with Crippen LogP contribution in [0.1, 0.15) is 12.0 Å². The fraction of sp³-hybridized carbons (Fsp3) is 0.462. The van der Waals surface area contributed by atoms with E-state index in [1.54, 1.807) is 0 Å². The van der Waals surface area contributed by atoms with Crippen LogP contribution in [0.4, 0.5) is 8.78 Å². The molecule has 0 aliphatic heterocycles. The van der Waals surface area contributed by atoms with Gasteiger partial charge in [0.15, 0.2) is 11.6 Å². The Balaban J connectivity index is 2.36. The highest BCUT2D eigenvalue weighted by molar-refractivity contribution is 5.76. The number of ether oxygens (including phenoxy) is 1. The van der Waals surface area contributed by atoms with Crippen LogP contribution in [0.3, 0.4) is 0 Å². The number of amides is 1. The Hall–Kier alpha value is -1.53. The van der Waals surface area contributed by atoms with E-state index in [4.69, 9.17) is 4.74 Å². The minimum atomic E-state index is -0.923. The van der Waals surface area contributed by atoms with Crippen molar-refractivity contribution in [3.63, 3.8) is 0 Å². The lowest BCUT2D eigenvalue weighted by Crippen LogP contribution is -2.34. The molecule has 19 heavy (non-hydrogen) atoms. The maximum absolute atomic E-state index is 13.3. The van der Waals surface area contributed by atoms with E-state index >= 15 is 0 Å². The third-order valence-corrected chi connectivity index (χ3v) is 2.55. The lowest BCUT2D eigenvalue weighted by atomic mass is 10.1. The van der Waals surface area contributed by atoms with Crippen LogP contribution < -0.4 is 5.32 Å². The average molecular weight is 273 g/mol.